The van der Waals surface area contributed by atoms with Gasteiger partial charge in [0, 0.05) is 6.20 Å². The van der Waals surface area contributed by atoms with E-state index >= 15 is 0 Å². The SMILES string of the molecule is Cc1cc(C#N)cc(C(=O)NC2CS(=O)(=O)C2)c1NCC1=CC(C(F)F)NN1c1ncccc1Cl. The number of sulfone groups is 1. The molecule has 35 heavy (non-hydrogen) atoms. The van der Waals surface area contributed by atoms with Crippen LogP contribution in [0, 0.1) is 18.3 Å². The Labute approximate surface area is 205 Å². The monoisotopic (exact) mass is 522 g/mol. The normalized spacial score (nSPS) is 19.1. The van der Waals surface area contributed by atoms with E-state index in [1.807, 2.05) is 6.07 Å². The van der Waals surface area contributed by atoms with E-state index in [9.17, 15) is 27.3 Å². The van der Waals surface area contributed by atoms with Crippen molar-refractivity contribution in [3.05, 3.63) is 63.9 Å². The number of nitriles is 1. The van der Waals surface area contributed by atoms with E-state index in [1.54, 1.807) is 25.1 Å². The number of alkyl halides is 2. The number of hydrazine groups is 1. The van der Waals surface area contributed by atoms with E-state index < -0.39 is 34.3 Å². The Morgan fingerprint density at radius 1 is 1.40 bits per heavy atom. The number of nitrogens with zero attached hydrogens (tertiary/aromatic N) is 3. The fourth-order valence-corrected chi connectivity index (χ4v) is 5.41. The van der Waals surface area contributed by atoms with Crippen LogP contribution < -0.4 is 21.1 Å². The average Bonchev–Trinajstić information content (AvgIpc) is 3.21. The summed E-state index contributed by atoms with van der Waals surface area (Å²) < 4.78 is 49.8. The van der Waals surface area contributed by atoms with Crippen molar-refractivity contribution in [1.29, 1.82) is 5.26 Å². The number of benzene rings is 1. The first-order valence-electron chi connectivity index (χ1n) is 10.5. The Balaban J connectivity index is 1.60. The molecule has 1 aromatic heterocycles. The van der Waals surface area contributed by atoms with Crippen LogP contribution in [0.15, 0.2) is 42.2 Å². The Morgan fingerprint density at radius 3 is 2.77 bits per heavy atom. The van der Waals surface area contributed by atoms with Crippen LogP contribution in [0.25, 0.3) is 0 Å². The molecule has 1 atom stereocenters. The van der Waals surface area contributed by atoms with E-state index in [2.05, 4.69) is 21.0 Å². The van der Waals surface area contributed by atoms with Gasteiger partial charge in [0.2, 0.25) is 0 Å². The fourth-order valence-electron chi connectivity index (χ4n) is 3.91. The Kier molecular flexibility index (Phi) is 6.93. The van der Waals surface area contributed by atoms with Gasteiger partial charge in [-0.3, -0.25) is 9.80 Å². The highest BCUT2D eigenvalue weighted by Gasteiger charge is 2.35. The van der Waals surface area contributed by atoms with Gasteiger partial charge in [0.1, 0.15) is 6.04 Å². The standard InChI is InChI=1S/C22H21ClF2N6O3S/c1-12-5-13(8-26)6-16(22(32)29-14-10-35(33,34)11-14)19(12)28-9-15-7-18(20(24)25)30-31(15)21-17(23)3-2-4-27-21/h2-7,14,18,20,28,30H,9-11H2,1H3,(H,29,32). The number of rotatable bonds is 7. The minimum Gasteiger partial charge on any atom is -0.379 e. The molecule has 1 saturated heterocycles. The number of aromatic nitrogens is 1. The summed E-state index contributed by atoms with van der Waals surface area (Å²) in [6, 6.07) is 6.40. The molecule has 0 radical (unpaired) electrons. The lowest BCUT2D eigenvalue weighted by Gasteiger charge is -2.27. The molecular weight excluding hydrogens is 502 g/mol. The minimum atomic E-state index is -3.14. The third-order valence-electron chi connectivity index (χ3n) is 5.56. The van der Waals surface area contributed by atoms with Crippen LogP contribution in [0.5, 0.6) is 0 Å². The van der Waals surface area contributed by atoms with Crippen molar-refractivity contribution in [2.45, 2.75) is 25.4 Å². The average molecular weight is 523 g/mol. The molecule has 0 spiro atoms. The second-order valence-corrected chi connectivity index (χ2v) is 10.8. The largest absolute Gasteiger partial charge is 0.379 e. The molecule has 184 valence electrons. The van der Waals surface area contributed by atoms with Gasteiger partial charge >= 0.3 is 0 Å². The molecule has 2 aromatic rings. The summed E-state index contributed by atoms with van der Waals surface area (Å²) in [5.74, 6) is -0.593. The third-order valence-corrected chi connectivity index (χ3v) is 7.68. The number of aryl methyl sites for hydroxylation is 1. The van der Waals surface area contributed by atoms with Gasteiger partial charge in [-0.2, -0.15) is 5.26 Å². The molecule has 1 amide bonds. The van der Waals surface area contributed by atoms with Gasteiger partial charge in [-0.1, -0.05) is 11.6 Å². The zero-order chi connectivity index (χ0) is 25.3. The number of nitrogens with one attached hydrogen (secondary N) is 3. The zero-order valence-electron chi connectivity index (χ0n) is 18.4. The number of hydrogen-bond donors (Lipinski definition) is 3. The molecule has 1 fully saturated rings. The van der Waals surface area contributed by atoms with Crippen LogP contribution in [0.2, 0.25) is 5.02 Å². The minimum absolute atomic E-state index is 0.0218. The first kappa shape index (κ1) is 24.8. The number of carbonyl (C=O) groups excluding carboxylic acids is 1. The molecule has 9 nitrogen and oxygen atoms in total. The first-order chi connectivity index (χ1) is 16.6. The van der Waals surface area contributed by atoms with Crippen molar-refractivity contribution in [1.82, 2.24) is 15.7 Å². The summed E-state index contributed by atoms with van der Waals surface area (Å²) in [7, 11) is -3.14. The van der Waals surface area contributed by atoms with Gasteiger partial charge in [0.05, 0.1) is 57.7 Å². The molecule has 1 unspecified atom stereocenters. The van der Waals surface area contributed by atoms with Crippen molar-refractivity contribution >= 4 is 38.9 Å². The summed E-state index contributed by atoms with van der Waals surface area (Å²) in [4.78, 5) is 17.1. The molecule has 2 aliphatic heterocycles. The second kappa shape index (κ2) is 9.77. The van der Waals surface area contributed by atoms with Crippen molar-refractivity contribution < 1.29 is 22.0 Å². The molecule has 2 aliphatic rings. The predicted octanol–water partition coefficient (Wildman–Crippen LogP) is 2.40. The zero-order valence-corrected chi connectivity index (χ0v) is 20.0. The summed E-state index contributed by atoms with van der Waals surface area (Å²) in [6.07, 6.45) is 0.146. The first-order valence-corrected chi connectivity index (χ1v) is 12.7. The van der Waals surface area contributed by atoms with Gasteiger partial charge in [-0.05, 0) is 42.8 Å². The second-order valence-electron chi connectivity index (χ2n) is 8.22. The molecule has 0 bridgehead atoms. The molecule has 13 heteroatoms. The van der Waals surface area contributed by atoms with E-state index in [-0.39, 0.29) is 40.0 Å². The van der Waals surface area contributed by atoms with E-state index in [1.165, 1.54) is 23.3 Å². The third kappa shape index (κ3) is 5.37. The maximum Gasteiger partial charge on any atom is 0.259 e. The summed E-state index contributed by atoms with van der Waals surface area (Å²) >= 11 is 6.22. The topological polar surface area (TPSA) is 127 Å². The highest BCUT2D eigenvalue weighted by molar-refractivity contribution is 7.92. The fraction of sp³-hybridized carbons (Fsp3) is 0.318. The van der Waals surface area contributed by atoms with Crippen molar-refractivity contribution in [2.75, 3.05) is 28.4 Å². The Morgan fingerprint density at radius 2 is 2.14 bits per heavy atom. The lowest BCUT2D eigenvalue weighted by molar-refractivity contribution is 0.0942. The van der Waals surface area contributed by atoms with Gasteiger partial charge in [-0.15, -0.1) is 0 Å². The molecule has 0 saturated carbocycles. The number of amides is 1. The lowest BCUT2D eigenvalue weighted by atomic mass is 10.0. The Hall–Kier alpha value is -3.27. The van der Waals surface area contributed by atoms with E-state index in [0.29, 0.717) is 16.9 Å². The van der Waals surface area contributed by atoms with Crippen molar-refractivity contribution in [3.63, 3.8) is 0 Å². The summed E-state index contributed by atoms with van der Waals surface area (Å²) in [6.45, 7) is 1.72. The van der Waals surface area contributed by atoms with E-state index in [0.717, 1.165) is 0 Å². The van der Waals surface area contributed by atoms with Crippen molar-refractivity contribution in [3.8, 4) is 6.07 Å². The number of hydrogen-bond acceptors (Lipinski definition) is 8. The highest BCUT2D eigenvalue weighted by atomic mass is 35.5. The molecule has 3 N–H and O–H groups in total. The van der Waals surface area contributed by atoms with E-state index in [4.69, 9.17) is 11.6 Å². The predicted molar refractivity (Wildman–Crippen MR) is 127 cm³/mol. The maximum absolute atomic E-state index is 13.5. The van der Waals surface area contributed by atoms with Crippen LogP contribution >= 0.6 is 11.6 Å². The number of carbonyl (C=O) groups is 1. The summed E-state index contributed by atoms with van der Waals surface area (Å²) in [5, 5.41) is 16.7. The quantitative estimate of drug-likeness (QED) is 0.506. The Bertz CT molecular complexity index is 1330. The van der Waals surface area contributed by atoms with Crippen LogP contribution in [-0.4, -0.2) is 55.9 Å². The molecule has 3 heterocycles. The number of halogens is 3. The smallest absolute Gasteiger partial charge is 0.259 e. The van der Waals surface area contributed by atoms with Gasteiger partial charge in [0.25, 0.3) is 12.3 Å². The lowest BCUT2D eigenvalue weighted by Crippen LogP contribution is -2.53. The van der Waals surface area contributed by atoms with Crippen LogP contribution in [0.4, 0.5) is 20.3 Å². The number of pyridine rings is 1. The van der Waals surface area contributed by atoms with Gasteiger partial charge in [-0.25, -0.2) is 27.6 Å². The highest BCUT2D eigenvalue weighted by Crippen LogP contribution is 2.30. The molecule has 0 aliphatic carbocycles. The molecular formula is C22H21ClF2N6O3S. The number of anilines is 2. The van der Waals surface area contributed by atoms with Gasteiger partial charge in [0.15, 0.2) is 15.7 Å². The van der Waals surface area contributed by atoms with Crippen LogP contribution in [-0.2, 0) is 9.84 Å². The van der Waals surface area contributed by atoms with Crippen LogP contribution in [0.1, 0.15) is 21.5 Å². The molecule has 1 aromatic carbocycles. The van der Waals surface area contributed by atoms with Crippen LogP contribution in [0.3, 0.4) is 0 Å². The maximum atomic E-state index is 13.5. The molecule has 4 rings (SSSR count). The van der Waals surface area contributed by atoms with Gasteiger partial charge < -0.3 is 10.6 Å². The van der Waals surface area contributed by atoms with Crippen molar-refractivity contribution in [2.24, 2.45) is 0 Å². The summed E-state index contributed by atoms with van der Waals surface area (Å²) in [5.41, 5.74) is 4.44.